The number of oxazole rings is 1. The van der Waals surface area contributed by atoms with Gasteiger partial charge < -0.3 is 14.8 Å². The van der Waals surface area contributed by atoms with Crippen molar-refractivity contribution in [3.8, 4) is 17.2 Å². The molecule has 0 bridgehead atoms. The maximum atomic E-state index is 13.3. The summed E-state index contributed by atoms with van der Waals surface area (Å²) in [5.74, 6) is -0.825. The van der Waals surface area contributed by atoms with E-state index in [9.17, 15) is 14.3 Å². The van der Waals surface area contributed by atoms with E-state index in [1.807, 2.05) is 18.2 Å². The molecule has 0 saturated carbocycles. The maximum absolute atomic E-state index is 13.3. The topological polar surface area (TPSA) is 87.4 Å². The number of fused-ring (bicyclic) bond motifs is 1. The third kappa shape index (κ3) is 4.54. The third-order valence-corrected chi connectivity index (χ3v) is 4.86. The van der Waals surface area contributed by atoms with Crippen LogP contribution in [-0.4, -0.2) is 21.1 Å². The molecule has 0 aliphatic rings. The number of hydrogen-bond donors (Lipinski definition) is 3. The molecule has 6 nitrogen and oxygen atoms in total. The Bertz CT molecular complexity index is 1300. The Labute approximate surface area is 182 Å². The molecule has 0 aliphatic heterocycles. The molecule has 0 saturated heterocycles. The molecule has 1 heterocycles. The van der Waals surface area contributed by atoms with E-state index in [1.54, 1.807) is 12.1 Å². The van der Waals surface area contributed by atoms with Crippen LogP contribution in [0.5, 0.6) is 5.75 Å². The highest BCUT2D eigenvalue weighted by atomic mass is 32.1. The fraction of sp³-hybridized carbons (Fsp3) is 0.0870. The monoisotopic (exact) mass is 435 g/mol. The number of benzene rings is 3. The van der Waals surface area contributed by atoms with Crippen molar-refractivity contribution in [3.05, 3.63) is 77.6 Å². The van der Waals surface area contributed by atoms with Crippen molar-refractivity contribution in [1.82, 2.24) is 10.3 Å². The number of anilines is 1. The van der Waals surface area contributed by atoms with Crippen LogP contribution >= 0.6 is 12.2 Å². The number of thiocarbonyl (C=S) groups is 1. The van der Waals surface area contributed by atoms with Crippen molar-refractivity contribution >= 4 is 40.0 Å². The number of phenols is 1. The van der Waals surface area contributed by atoms with Crippen LogP contribution in [0, 0.1) is 5.82 Å². The number of aryl methyl sites for hydroxylation is 1. The zero-order valence-corrected chi connectivity index (χ0v) is 17.3. The summed E-state index contributed by atoms with van der Waals surface area (Å²) in [4.78, 5) is 16.6. The summed E-state index contributed by atoms with van der Waals surface area (Å²) in [5.41, 5.74) is 3.52. The first-order valence-electron chi connectivity index (χ1n) is 9.53. The van der Waals surface area contributed by atoms with E-state index in [0.29, 0.717) is 22.7 Å². The minimum atomic E-state index is -0.546. The lowest BCUT2D eigenvalue weighted by molar-refractivity contribution is 0.0977. The lowest BCUT2D eigenvalue weighted by atomic mass is 10.1. The van der Waals surface area contributed by atoms with Crippen molar-refractivity contribution in [2.24, 2.45) is 0 Å². The number of phenolic OH excluding ortho intramolecular Hbond substituents is 1. The average molecular weight is 435 g/mol. The Kier molecular flexibility index (Phi) is 5.64. The number of aromatic hydroxyl groups is 1. The fourth-order valence-electron chi connectivity index (χ4n) is 3.07. The summed E-state index contributed by atoms with van der Waals surface area (Å²) in [7, 11) is 0. The first-order chi connectivity index (χ1) is 14.9. The SMILES string of the molecule is CCc1ccc2oc(-c3ccc(NC(=S)NC(=O)c4cccc(F)c4)cc3O)nc2c1. The molecule has 1 amide bonds. The van der Waals surface area contributed by atoms with Gasteiger partial charge in [-0.15, -0.1) is 0 Å². The van der Waals surface area contributed by atoms with E-state index in [-0.39, 0.29) is 16.4 Å². The number of nitrogens with zero attached hydrogens (tertiary/aromatic N) is 1. The molecule has 156 valence electrons. The number of carbonyl (C=O) groups excluding carboxylic acids is 1. The highest BCUT2D eigenvalue weighted by Gasteiger charge is 2.14. The van der Waals surface area contributed by atoms with Crippen LogP contribution in [0.3, 0.4) is 0 Å². The lowest BCUT2D eigenvalue weighted by Crippen LogP contribution is -2.34. The van der Waals surface area contributed by atoms with E-state index in [4.69, 9.17) is 16.6 Å². The highest BCUT2D eigenvalue weighted by Crippen LogP contribution is 2.33. The molecule has 0 spiro atoms. The molecule has 8 heteroatoms. The first kappa shape index (κ1) is 20.5. The van der Waals surface area contributed by atoms with Gasteiger partial charge in [0.2, 0.25) is 5.89 Å². The summed E-state index contributed by atoms with van der Waals surface area (Å²) in [6.07, 6.45) is 0.888. The molecule has 3 N–H and O–H groups in total. The second kappa shape index (κ2) is 8.53. The van der Waals surface area contributed by atoms with Crippen LogP contribution in [0.15, 0.2) is 65.1 Å². The molecule has 4 aromatic rings. The van der Waals surface area contributed by atoms with Gasteiger partial charge in [0.25, 0.3) is 5.91 Å². The molecule has 3 aromatic carbocycles. The summed E-state index contributed by atoms with van der Waals surface area (Å²) in [6, 6.07) is 15.8. The quantitative estimate of drug-likeness (QED) is 0.390. The number of halogens is 1. The lowest BCUT2D eigenvalue weighted by Gasteiger charge is -2.11. The van der Waals surface area contributed by atoms with Gasteiger partial charge in [-0.2, -0.15) is 0 Å². The maximum Gasteiger partial charge on any atom is 0.257 e. The first-order valence-corrected chi connectivity index (χ1v) is 9.94. The van der Waals surface area contributed by atoms with Crippen molar-refractivity contribution in [3.63, 3.8) is 0 Å². The molecule has 31 heavy (non-hydrogen) atoms. The Hall–Kier alpha value is -3.78. The fourth-order valence-corrected chi connectivity index (χ4v) is 3.28. The minimum Gasteiger partial charge on any atom is -0.507 e. The van der Waals surface area contributed by atoms with Gasteiger partial charge >= 0.3 is 0 Å². The van der Waals surface area contributed by atoms with Gasteiger partial charge in [-0.05, 0) is 66.7 Å². The highest BCUT2D eigenvalue weighted by molar-refractivity contribution is 7.80. The normalized spacial score (nSPS) is 10.8. The molecular weight excluding hydrogens is 417 g/mol. The third-order valence-electron chi connectivity index (χ3n) is 4.66. The van der Waals surface area contributed by atoms with E-state index >= 15 is 0 Å². The molecular formula is C23H18FN3O3S. The molecule has 4 rings (SSSR count). The van der Waals surface area contributed by atoms with Crippen LogP contribution in [0.4, 0.5) is 10.1 Å². The number of rotatable bonds is 4. The van der Waals surface area contributed by atoms with Gasteiger partial charge in [0.1, 0.15) is 17.1 Å². The predicted molar refractivity (Wildman–Crippen MR) is 121 cm³/mol. The predicted octanol–water partition coefficient (Wildman–Crippen LogP) is 5.03. The summed E-state index contributed by atoms with van der Waals surface area (Å²) < 4.78 is 19.0. The van der Waals surface area contributed by atoms with Crippen molar-refractivity contribution in [2.45, 2.75) is 13.3 Å². The Morgan fingerprint density at radius 3 is 2.74 bits per heavy atom. The number of carbonyl (C=O) groups is 1. The van der Waals surface area contributed by atoms with Gasteiger partial charge in [-0.3, -0.25) is 10.1 Å². The van der Waals surface area contributed by atoms with Crippen molar-refractivity contribution in [1.29, 1.82) is 0 Å². The molecule has 0 atom stereocenters. The molecule has 1 aromatic heterocycles. The average Bonchev–Trinajstić information content (AvgIpc) is 3.16. The standard InChI is InChI=1S/C23H18FN3O3S/c1-2-13-6-9-20-18(10-13)26-22(30-20)17-8-7-16(12-19(17)28)25-23(31)27-21(29)14-4-3-5-15(24)11-14/h3-12,28H,2H2,1H3,(H2,25,27,29,31). The van der Waals surface area contributed by atoms with Gasteiger partial charge in [-0.25, -0.2) is 9.37 Å². The van der Waals surface area contributed by atoms with Gasteiger partial charge in [0, 0.05) is 17.3 Å². The number of hydrogen-bond acceptors (Lipinski definition) is 5. The van der Waals surface area contributed by atoms with E-state index in [2.05, 4.69) is 22.5 Å². The van der Waals surface area contributed by atoms with E-state index in [1.165, 1.54) is 24.3 Å². The smallest absolute Gasteiger partial charge is 0.257 e. The Morgan fingerprint density at radius 1 is 1.16 bits per heavy atom. The van der Waals surface area contributed by atoms with Crippen LogP contribution in [0.25, 0.3) is 22.6 Å². The van der Waals surface area contributed by atoms with Crippen LogP contribution in [-0.2, 0) is 6.42 Å². The van der Waals surface area contributed by atoms with Crippen LogP contribution in [0.2, 0.25) is 0 Å². The molecule has 0 unspecified atom stereocenters. The summed E-state index contributed by atoms with van der Waals surface area (Å²) in [6.45, 7) is 2.06. The summed E-state index contributed by atoms with van der Waals surface area (Å²) >= 11 is 5.13. The van der Waals surface area contributed by atoms with Crippen LogP contribution < -0.4 is 10.6 Å². The Balaban J connectivity index is 1.48. The molecule has 0 aliphatic carbocycles. The number of amides is 1. The van der Waals surface area contributed by atoms with Gasteiger partial charge in [0.05, 0.1) is 5.56 Å². The second-order valence-corrected chi connectivity index (χ2v) is 7.23. The van der Waals surface area contributed by atoms with Crippen molar-refractivity contribution < 1.29 is 18.7 Å². The zero-order valence-electron chi connectivity index (χ0n) is 16.5. The van der Waals surface area contributed by atoms with Crippen LogP contribution in [0.1, 0.15) is 22.8 Å². The molecule has 0 radical (unpaired) electrons. The van der Waals surface area contributed by atoms with E-state index < -0.39 is 11.7 Å². The second-order valence-electron chi connectivity index (χ2n) is 6.83. The number of aromatic nitrogens is 1. The Morgan fingerprint density at radius 2 is 2.00 bits per heavy atom. The van der Waals surface area contributed by atoms with E-state index in [0.717, 1.165) is 23.6 Å². The summed E-state index contributed by atoms with van der Waals surface area (Å²) in [5, 5.41) is 15.8. The zero-order chi connectivity index (χ0) is 22.0. The molecule has 0 fully saturated rings. The van der Waals surface area contributed by atoms with Crippen molar-refractivity contribution in [2.75, 3.05) is 5.32 Å². The van der Waals surface area contributed by atoms with Gasteiger partial charge in [-0.1, -0.05) is 19.1 Å². The minimum absolute atomic E-state index is 0.00960. The van der Waals surface area contributed by atoms with Gasteiger partial charge in [0.15, 0.2) is 10.7 Å². The largest absolute Gasteiger partial charge is 0.507 e. The number of nitrogens with one attached hydrogen (secondary N) is 2.